The summed E-state index contributed by atoms with van der Waals surface area (Å²) in [5.74, 6) is -0.152. The van der Waals surface area contributed by atoms with Crippen molar-refractivity contribution in [2.45, 2.75) is 18.6 Å². The third-order valence-electron chi connectivity index (χ3n) is 4.50. The van der Waals surface area contributed by atoms with E-state index in [0.717, 1.165) is 11.3 Å². The van der Waals surface area contributed by atoms with Gasteiger partial charge >= 0.3 is 0 Å². The zero-order valence-corrected chi connectivity index (χ0v) is 14.9. The topological polar surface area (TPSA) is 40.6 Å². The number of pyridine rings is 1. The van der Waals surface area contributed by atoms with E-state index in [1.807, 2.05) is 6.07 Å². The number of halogens is 1. The highest BCUT2D eigenvalue weighted by Gasteiger charge is 2.42. The van der Waals surface area contributed by atoms with Crippen LogP contribution in [0, 0.1) is 11.7 Å². The maximum absolute atomic E-state index is 13.3. The molecule has 1 fully saturated rings. The fraction of sp³-hybridized carbons (Fsp3) is 0.300. The molecule has 4 rings (SSSR count). The largest absolute Gasteiger partial charge is 0.456 e. The zero-order valence-electron chi connectivity index (χ0n) is 14.1. The Morgan fingerprint density at radius 2 is 2.04 bits per heavy atom. The fourth-order valence-corrected chi connectivity index (χ4v) is 3.49. The monoisotopic (exact) mass is 371 g/mol. The summed E-state index contributed by atoms with van der Waals surface area (Å²) >= 11 is 5.43. The van der Waals surface area contributed by atoms with E-state index in [9.17, 15) is 4.39 Å². The second kappa shape index (κ2) is 7.23. The summed E-state index contributed by atoms with van der Waals surface area (Å²) in [4.78, 5) is 5.48. The first-order valence-corrected chi connectivity index (χ1v) is 8.93. The van der Waals surface area contributed by atoms with Crippen molar-refractivity contribution < 1.29 is 18.6 Å². The van der Waals surface area contributed by atoms with E-state index in [-0.39, 0.29) is 11.7 Å². The van der Waals surface area contributed by atoms with E-state index >= 15 is 0 Å². The lowest BCUT2D eigenvalue weighted by molar-refractivity contribution is -0.176. The van der Waals surface area contributed by atoms with Crippen molar-refractivity contribution in [3.8, 4) is 11.5 Å². The number of ether oxygens (including phenoxy) is 3. The quantitative estimate of drug-likeness (QED) is 0.570. The first-order chi connectivity index (χ1) is 12.6. The molecule has 0 amide bonds. The molecule has 0 spiro atoms. The summed E-state index contributed by atoms with van der Waals surface area (Å²) < 4.78 is 30.8. The highest BCUT2D eigenvalue weighted by atomic mass is 32.1. The van der Waals surface area contributed by atoms with Gasteiger partial charge in [-0.15, -0.1) is 0 Å². The highest BCUT2D eigenvalue weighted by Crippen LogP contribution is 2.39. The van der Waals surface area contributed by atoms with E-state index in [1.54, 1.807) is 24.4 Å². The summed E-state index contributed by atoms with van der Waals surface area (Å²) in [6.45, 7) is 1.04. The van der Waals surface area contributed by atoms with Crippen molar-refractivity contribution in [1.82, 2.24) is 4.98 Å². The minimum absolute atomic E-state index is 0.146. The first-order valence-electron chi connectivity index (χ1n) is 8.52. The van der Waals surface area contributed by atoms with Crippen molar-refractivity contribution in [2.75, 3.05) is 13.2 Å². The number of rotatable bonds is 5. The number of aromatic nitrogens is 1. The summed E-state index contributed by atoms with van der Waals surface area (Å²) in [7, 11) is 0. The fourth-order valence-electron chi connectivity index (χ4n) is 3.24. The lowest BCUT2D eigenvalue weighted by Gasteiger charge is -2.29. The standard InChI is InChI=1S/C20H18FNO3S/c21-15-4-2-5-16(11-15)25-17-7-8-19(22-13-17)20(23-9-10-24-20)12-14-3-1-6-18(14)26/h1-5,7-8,11,13-14H,6,9-10,12H2. The summed E-state index contributed by atoms with van der Waals surface area (Å²) in [5, 5.41) is 0. The van der Waals surface area contributed by atoms with Crippen LogP contribution in [-0.2, 0) is 15.3 Å². The second-order valence-electron chi connectivity index (χ2n) is 6.30. The number of benzene rings is 1. The number of thiocarbonyl (C=S) groups is 1. The predicted octanol–water partition coefficient (Wildman–Crippen LogP) is 4.55. The smallest absolute Gasteiger partial charge is 0.213 e. The van der Waals surface area contributed by atoms with Gasteiger partial charge in [0.2, 0.25) is 5.79 Å². The van der Waals surface area contributed by atoms with E-state index in [0.29, 0.717) is 36.8 Å². The van der Waals surface area contributed by atoms with Crippen LogP contribution < -0.4 is 4.74 Å². The van der Waals surface area contributed by atoms with Crippen LogP contribution in [-0.4, -0.2) is 23.1 Å². The average Bonchev–Trinajstić information content (AvgIpc) is 3.26. The Balaban J connectivity index is 1.53. The van der Waals surface area contributed by atoms with Gasteiger partial charge in [-0.25, -0.2) is 4.39 Å². The van der Waals surface area contributed by atoms with Crippen LogP contribution in [0.15, 0.2) is 54.7 Å². The molecule has 4 nitrogen and oxygen atoms in total. The van der Waals surface area contributed by atoms with Gasteiger partial charge in [0, 0.05) is 23.3 Å². The molecule has 2 aromatic rings. The molecule has 1 aromatic carbocycles. The minimum Gasteiger partial charge on any atom is -0.456 e. The lowest BCUT2D eigenvalue weighted by Crippen LogP contribution is -2.32. The van der Waals surface area contributed by atoms with E-state index in [4.69, 9.17) is 26.4 Å². The van der Waals surface area contributed by atoms with Crippen molar-refractivity contribution in [3.63, 3.8) is 0 Å². The average molecular weight is 371 g/mol. The zero-order chi connectivity index (χ0) is 18.0. The molecule has 1 atom stereocenters. The SMILES string of the molecule is Fc1cccc(Oc2ccc(C3(CC4C=CCC4=S)OCCO3)nc2)c1. The Kier molecular flexibility index (Phi) is 4.80. The van der Waals surface area contributed by atoms with Gasteiger partial charge in [-0.3, -0.25) is 4.98 Å². The Labute approximate surface area is 156 Å². The third kappa shape index (κ3) is 3.53. The number of hydrogen-bond acceptors (Lipinski definition) is 5. The Hall–Kier alpha value is -2.15. The van der Waals surface area contributed by atoms with Crippen LogP contribution in [0.4, 0.5) is 4.39 Å². The Bertz CT molecular complexity index is 831. The predicted molar refractivity (Wildman–Crippen MR) is 98.8 cm³/mol. The van der Waals surface area contributed by atoms with Gasteiger partial charge in [0.15, 0.2) is 0 Å². The molecule has 2 heterocycles. The Morgan fingerprint density at radius 1 is 1.19 bits per heavy atom. The van der Waals surface area contributed by atoms with E-state index in [1.165, 1.54) is 12.1 Å². The molecule has 26 heavy (non-hydrogen) atoms. The molecule has 1 aliphatic carbocycles. The van der Waals surface area contributed by atoms with Crippen LogP contribution in [0.25, 0.3) is 0 Å². The molecule has 1 aromatic heterocycles. The van der Waals surface area contributed by atoms with Crippen molar-refractivity contribution >= 4 is 17.1 Å². The van der Waals surface area contributed by atoms with Crippen LogP contribution in [0.2, 0.25) is 0 Å². The number of hydrogen-bond donors (Lipinski definition) is 0. The molecule has 0 saturated carbocycles. The molecule has 1 aliphatic heterocycles. The van der Waals surface area contributed by atoms with E-state index in [2.05, 4.69) is 17.1 Å². The maximum Gasteiger partial charge on any atom is 0.213 e. The van der Waals surface area contributed by atoms with Gasteiger partial charge < -0.3 is 14.2 Å². The highest BCUT2D eigenvalue weighted by molar-refractivity contribution is 7.80. The first kappa shape index (κ1) is 17.3. The molecular weight excluding hydrogens is 353 g/mol. The third-order valence-corrected chi connectivity index (χ3v) is 4.97. The molecule has 6 heteroatoms. The molecule has 2 aliphatic rings. The Morgan fingerprint density at radius 3 is 2.69 bits per heavy atom. The molecule has 0 radical (unpaired) electrons. The van der Waals surface area contributed by atoms with Gasteiger partial charge in [0.05, 0.1) is 25.1 Å². The molecule has 1 unspecified atom stereocenters. The minimum atomic E-state index is -0.888. The van der Waals surface area contributed by atoms with Gasteiger partial charge in [0.25, 0.3) is 0 Å². The normalized spacial score (nSPS) is 21.3. The van der Waals surface area contributed by atoms with Gasteiger partial charge in [0.1, 0.15) is 17.3 Å². The summed E-state index contributed by atoms with van der Waals surface area (Å²) in [6.07, 6.45) is 7.22. The van der Waals surface area contributed by atoms with Gasteiger partial charge in [-0.1, -0.05) is 30.4 Å². The molecular formula is C20H18FNO3S. The van der Waals surface area contributed by atoms with Crippen LogP contribution in [0.5, 0.6) is 11.5 Å². The second-order valence-corrected chi connectivity index (χ2v) is 6.82. The summed E-state index contributed by atoms with van der Waals surface area (Å²) in [6, 6.07) is 9.58. The van der Waals surface area contributed by atoms with Gasteiger partial charge in [-0.05, 0) is 30.7 Å². The molecule has 0 N–H and O–H groups in total. The van der Waals surface area contributed by atoms with Crippen molar-refractivity contribution in [2.24, 2.45) is 5.92 Å². The maximum atomic E-state index is 13.3. The van der Waals surface area contributed by atoms with Crippen LogP contribution in [0.1, 0.15) is 18.5 Å². The molecule has 134 valence electrons. The van der Waals surface area contributed by atoms with Crippen molar-refractivity contribution in [3.05, 3.63) is 66.3 Å². The van der Waals surface area contributed by atoms with Crippen molar-refractivity contribution in [1.29, 1.82) is 0 Å². The number of nitrogens with zero attached hydrogens (tertiary/aromatic N) is 1. The van der Waals surface area contributed by atoms with E-state index < -0.39 is 5.79 Å². The van der Waals surface area contributed by atoms with Crippen LogP contribution in [0.3, 0.4) is 0 Å². The number of allylic oxidation sites excluding steroid dienone is 2. The summed E-state index contributed by atoms with van der Waals surface area (Å²) in [5.41, 5.74) is 0.685. The molecule has 0 bridgehead atoms. The lowest BCUT2D eigenvalue weighted by atomic mass is 9.95. The van der Waals surface area contributed by atoms with Gasteiger partial charge in [-0.2, -0.15) is 0 Å². The molecule has 1 saturated heterocycles. The van der Waals surface area contributed by atoms with Crippen LogP contribution >= 0.6 is 12.2 Å².